The van der Waals surface area contributed by atoms with E-state index < -0.39 is 0 Å². The van der Waals surface area contributed by atoms with Crippen molar-refractivity contribution >= 4 is 12.4 Å². The van der Waals surface area contributed by atoms with Gasteiger partial charge in [-0.15, -0.1) is 12.4 Å². The van der Waals surface area contributed by atoms with Gasteiger partial charge in [0.05, 0.1) is 7.11 Å². The van der Waals surface area contributed by atoms with Crippen molar-refractivity contribution in [1.29, 1.82) is 0 Å². The molecule has 0 radical (unpaired) electrons. The van der Waals surface area contributed by atoms with Crippen LogP contribution in [-0.4, -0.2) is 7.11 Å². The van der Waals surface area contributed by atoms with Crippen LogP contribution in [0.4, 0.5) is 4.39 Å². The maximum Gasteiger partial charge on any atom is 0.126 e. The van der Waals surface area contributed by atoms with Gasteiger partial charge < -0.3 is 10.5 Å². The molecule has 0 saturated heterocycles. The van der Waals surface area contributed by atoms with Crippen LogP contribution < -0.4 is 10.5 Å². The maximum absolute atomic E-state index is 13.0. The molecule has 1 saturated carbocycles. The van der Waals surface area contributed by atoms with E-state index in [0.29, 0.717) is 11.7 Å². The lowest BCUT2D eigenvalue weighted by atomic mass is 9.77. The molecule has 0 heterocycles. The lowest BCUT2D eigenvalue weighted by molar-refractivity contribution is 0.259. The monoisotopic (exact) mass is 245 g/mol. The van der Waals surface area contributed by atoms with Gasteiger partial charge in [0.25, 0.3) is 0 Å². The molecule has 1 aliphatic rings. The second kappa shape index (κ2) is 5.51. The van der Waals surface area contributed by atoms with E-state index in [1.165, 1.54) is 31.4 Å². The molecule has 90 valence electrons. The molecule has 0 amide bonds. The minimum atomic E-state index is -0.281. The molecule has 0 spiro atoms. The van der Waals surface area contributed by atoms with Gasteiger partial charge >= 0.3 is 0 Å². The quantitative estimate of drug-likeness (QED) is 0.888. The van der Waals surface area contributed by atoms with Crippen molar-refractivity contribution in [3.8, 4) is 5.75 Å². The molecule has 2 nitrogen and oxygen atoms in total. The van der Waals surface area contributed by atoms with E-state index in [4.69, 9.17) is 10.5 Å². The van der Waals surface area contributed by atoms with E-state index in [2.05, 4.69) is 0 Å². The van der Waals surface area contributed by atoms with E-state index >= 15 is 0 Å². The third-order valence-corrected chi connectivity index (χ3v) is 3.21. The number of ether oxygens (including phenoxy) is 1. The standard InChI is InChI=1S/C12H16FNO.ClH/c1-15-11-7-9(13)5-6-10(11)12(14)8-3-2-4-8;/h5-8,12H,2-4,14H2,1H3;1H/t12-;/m0./s1. The van der Waals surface area contributed by atoms with Crippen molar-refractivity contribution in [2.45, 2.75) is 25.3 Å². The van der Waals surface area contributed by atoms with Gasteiger partial charge in [0, 0.05) is 17.7 Å². The second-order valence-electron chi connectivity index (χ2n) is 4.10. The summed E-state index contributed by atoms with van der Waals surface area (Å²) in [6.45, 7) is 0. The fourth-order valence-electron chi connectivity index (χ4n) is 2.01. The number of hydrogen-bond acceptors (Lipinski definition) is 2. The van der Waals surface area contributed by atoms with Crippen molar-refractivity contribution in [3.05, 3.63) is 29.6 Å². The Balaban J connectivity index is 0.00000128. The summed E-state index contributed by atoms with van der Waals surface area (Å²) >= 11 is 0. The van der Waals surface area contributed by atoms with E-state index in [-0.39, 0.29) is 24.3 Å². The van der Waals surface area contributed by atoms with Gasteiger partial charge in [-0.3, -0.25) is 0 Å². The number of hydrogen-bond donors (Lipinski definition) is 1. The Morgan fingerprint density at radius 1 is 1.44 bits per heavy atom. The van der Waals surface area contributed by atoms with Crippen LogP contribution in [0.2, 0.25) is 0 Å². The number of nitrogens with two attached hydrogens (primary N) is 1. The minimum Gasteiger partial charge on any atom is -0.496 e. The summed E-state index contributed by atoms with van der Waals surface area (Å²) in [5.41, 5.74) is 7.04. The van der Waals surface area contributed by atoms with Crippen molar-refractivity contribution in [1.82, 2.24) is 0 Å². The number of methoxy groups -OCH3 is 1. The zero-order valence-electron chi connectivity index (χ0n) is 9.28. The molecule has 0 aromatic heterocycles. The Bertz CT molecular complexity index is 355. The normalized spacial score (nSPS) is 17.2. The van der Waals surface area contributed by atoms with Crippen LogP contribution in [0.25, 0.3) is 0 Å². The molecule has 1 aliphatic carbocycles. The zero-order chi connectivity index (χ0) is 10.8. The highest BCUT2D eigenvalue weighted by Gasteiger charge is 2.27. The average Bonchev–Trinajstić information content (AvgIpc) is 2.14. The van der Waals surface area contributed by atoms with Crippen LogP contribution in [0.5, 0.6) is 5.75 Å². The van der Waals surface area contributed by atoms with E-state index in [0.717, 1.165) is 5.56 Å². The van der Waals surface area contributed by atoms with Gasteiger partial charge in [-0.25, -0.2) is 4.39 Å². The average molecular weight is 246 g/mol. The van der Waals surface area contributed by atoms with Crippen LogP contribution in [0, 0.1) is 11.7 Å². The molecular formula is C12H17ClFNO. The third-order valence-electron chi connectivity index (χ3n) is 3.21. The molecule has 2 rings (SSSR count). The molecule has 0 aliphatic heterocycles. The number of benzene rings is 1. The van der Waals surface area contributed by atoms with Gasteiger partial charge in [-0.2, -0.15) is 0 Å². The highest BCUT2D eigenvalue weighted by Crippen LogP contribution is 2.39. The predicted octanol–water partition coefficient (Wildman–Crippen LogP) is 3.06. The molecule has 16 heavy (non-hydrogen) atoms. The molecule has 4 heteroatoms. The summed E-state index contributed by atoms with van der Waals surface area (Å²) < 4.78 is 18.1. The van der Waals surface area contributed by atoms with E-state index in [9.17, 15) is 4.39 Å². The number of rotatable bonds is 3. The molecule has 0 unspecified atom stereocenters. The smallest absolute Gasteiger partial charge is 0.126 e. The van der Waals surface area contributed by atoms with Crippen molar-refractivity contribution in [2.24, 2.45) is 11.7 Å². The third kappa shape index (κ3) is 2.47. The first-order valence-corrected chi connectivity index (χ1v) is 5.31. The first kappa shape index (κ1) is 13.3. The van der Waals surface area contributed by atoms with Gasteiger partial charge in [0.1, 0.15) is 11.6 Å². The van der Waals surface area contributed by atoms with Gasteiger partial charge in [-0.05, 0) is 24.8 Å². The summed E-state index contributed by atoms with van der Waals surface area (Å²) in [4.78, 5) is 0. The first-order chi connectivity index (χ1) is 7.22. The molecular weight excluding hydrogens is 229 g/mol. The van der Waals surface area contributed by atoms with Crippen molar-refractivity contribution in [3.63, 3.8) is 0 Å². The Morgan fingerprint density at radius 3 is 2.62 bits per heavy atom. The highest BCUT2D eigenvalue weighted by atomic mass is 35.5. The lowest BCUT2D eigenvalue weighted by Gasteiger charge is -2.32. The largest absolute Gasteiger partial charge is 0.496 e. The fourth-order valence-corrected chi connectivity index (χ4v) is 2.01. The van der Waals surface area contributed by atoms with Crippen LogP contribution >= 0.6 is 12.4 Å². The summed E-state index contributed by atoms with van der Waals surface area (Å²) in [7, 11) is 1.55. The summed E-state index contributed by atoms with van der Waals surface area (Å²) in [6, 6.07) is 4.55. The van der Waals surface area contributed by atoms with Crippen LogP contribution in [-0.2, 0) is 0 Å². The van der Waals surface area contributed by atoms with Crippen LogP contribution in [0.15, 0.2) is 18.2 Å². The molecule has 1 aromatic rings. The topological polar surface area (TPSA) is 35.2 Å². The van der Waals surface area contributed by atoms with Crippen LogP contribution in [0.1, 0.15) is 30.9 Å². The lowest BCUT2D eigenvalue weighted by Crippen LogP contribution is -2.27. The number of halogens is 2. The van der Waals surface area contributed by atoms with Gasteiger partial charge in [0.15, 0.2) is 0 Å². The predicted molar refractivity (Wildman–Crippen MR) is 64.5 cm³/mol. The highest BCUT2D eigenvalue weighted by molar-refractivity contribution is 5.85. The SMILES string of the molecule is COc1cc(F)ccc1[C@@H](N)C1CCC1.Cl. The molecule has 0 bridgehead atoms. The van der Waals surface area contributed by atoms with Crippen LogP contribution in [0.3, 0.4) is 0 Å². The van der Waals surface area contributed by atoms with E-state index in [1.54, 1.807) is 13.2 Å². The Kier molecular flexibility index (Phi) is 4.56. The summed E-state index contributed by atoms with van der Waals surface area (Å²) in [5.74, 6) is 0.815. The van der Waals surface area contributed by atoms with Gasteiger partial charge in [0.2, 0.25) is 0 Å². The molecule has 2 N–H and O–H groups in total. The first-order valence-electron chi connectivity index (χ1n) is 5.31. The van der Waals surface area contributed by atoms with E-state index in [1.807, 2.05) is 0 Å². The molecule has 1 atom stereocenters. The Hall–Kier alpha value is -0.800. The maximum atomic E-state index is 13.0. The Labute approximate surface area is 101 Å². The molecule has 1 aromatic carbocycles. The van der Waals surface area contributed by atoms with Gasteiger partial charge in [-0.1, -0.05) is 12.5 Å². The summed E-state index contributed by atoms with van der Waals surface area (Å²) in [6.07, 6.45) is 3.59. The fraction of sp³-hybridized carbons (Fsp3) is 0.500. The second-order valence-corrected chi connectivity index (χ2v) is 4.10. The molecule has 1 fully saturated rings. The summed E-state index contributed by atoms with van der Waals surface area (Å²) in [5, 5.41) is 0. The van der Waals surface area contributed by atoms with Crippen molar-refractivity contribution < 1.29 is 9.13 Å². The van der Waals surface area contributed by atoms with Crippen molar-refractivity contribution in [2.75, 3.05) is 7.11 Å². The zero-order valence-corrected chi connectivity index (χ0v) is 10.1. The Morgan fingerprint density at radius 2 is 2.12 bits per heavy atom. The minimum absolute atomic E-state index is 0.